The first kappa shape index (κ1) is 27.3. The van der Waals surface area contributed by atoms with Crippen LogP contribution < -0.4 is 15.0 Å². The van der Waals surface area contributed by atoms with Crippen LogP contribution in [0.4, 0.5) is 18.9 Å². The second kappa shape index (κ2) is 9.85. The van der Waals surface area contributed by atoms with Crippen molar-refractivity contribution < 1.29 is 27.5 Å². The number of rotatable bonds is 6. The van der Waals surface area contributed by atoms with Crippen LogP contribution in [0, 0.1) is 28.1 Å². The third-order valence-electron chi connectivity index (χ3n) is 7.58. The van der Waals surface area contributed by atoms with E-state index in [4.69, 9.17) is 10.00 Å². The lowest BCUT2D eigenvalue weighted by Crippen LogP contribution is -2.74. The Balaban J connectivity index is 1.44. The van der Waals surface area contributed by atoms with Crippen LogP contribution in [0.25, 0.3) is 0 Å². The fraction of sp³-hybridized carbons (Fsp3) is 0.538. The third kappa shape index (κ3) is 5.01. The molecule has 4 rings (SSSR count). The molecule has 2 aromatic rings. The van der Waals surface area contributed by atoms with E-state index >= 15 is 0 Å². The van der Waals surface area contributed by atoms with Gasteiger partial charge in [-0.15, -0.1) is 0 Å². The van der Waals surface area contributed by atoms with Crippen molar-refractivity contribution >= 4 is 17.9 Å². The summed E-state index contributed by atoms with van der Waals surface area (Å²) in [4.78, 5) is 38.1. The zero-order chi connectivity index (χ0) is 27.9. The van der Waals surface area contributed by atoms with Crippen LogP contribution in [0.5, 0.6) is 5.75 Å². The number of nitrogens with zero attached hydrogens (tertiary/aromatic N) is 5. The molecule has 0 atom stereocenters. The maximum atomic E-state index is 13.4. The number of carbonyl (C=O) groups excluding carboxylic acids is 2. The van der Waals surface area contributed by atoms with Crippen LogP contribution in [-0.4, -0.2) is 52.4 Å². The lowest BCUT2D eigenvalue weighted by atomic mass is 9.49. The summed E-state index contributed by atoms with van der Waals surface area (Å²) < 4.78 is 46.0. The van der Waals surface area contributed by atoms with E-state index in [1.54, 1.807) is 12.4 Å². The van der Waals surface area contributed by atoms with E-state index in [-0.39, 0.29) is 17.5 Å². The summed E-state index contributed by atoms with van der Waals surface area (Å²) in [5.74, 6) is -0.513. The van der Waals surface area contributed by atoms with Gasteiger partial charge in [-0.05, 0) is 18.9 Å². The van der Waals surface area contributed by atoms with Crippen molar-refractivity contribution in [2.75, 3.05) is 18.0 Å². The highest BCUT2D eigenvalue weighted by Crippen LogP contribution is 2.55. The van der Waals surface area contributed by atoms with E-state index in [0.717, 1.165) is 37.1 Å². The van der Waals surface area contributed by atoms with E-state index in [2.05, 4.69) is 25.2 Å². The number of aldehydes is 1. The van der Waals surface area contributed by atoms with Crippen LogP contribution in [-0.2, 0) is 11.0 Å². The van der Waals surface area contributed by atoms with E-state index in [1.807, 2.05) is 27.7 Å². The van der Waals surface area contributed by atoms with Gasteiger partial charge in [-0.1, -0.05) is 27.7 Å². The molecule has 0 radical (unpaired) electrons. The first-order valence-corrected chi connectivity index (χ1v) is 12.3. The van der Waals surface area contributed by atoms with Gasteiger partial charge < -0.3 is 19.7 Å². The van der Waals surface area contributed by atoms with Crippen molar-refractivity contribution in [3.05, 3.63) is 41.7 Å². The molecule has 1 aliphatic carbocycles. The third-order valence-corrected chi connectivity index (χ3v) is 7.58. The number of pyridine rings is 1. The number of halogens is 3. The van der Waals surface area contributed by atoms with Gasteiger partial charge in [0.05, 0.1) is 29.8 Å². The minimum atomic E-state index is -4.75. The molecule has 38 heavy (non-hydrogen) atoms. The maximum Gasteiger partial charge on any atom is 0.419 e. The molecule has 9 nitrogen and oxygen atoms in total. The second-order valence-corrected chi connectivity index (χ2v) is 10.9. The van der Waals surface area contributed by atoms with Crippen molar-refractivity contribution in [1.29, 1.82) is 5.26 Å². The highest BCUT2D eigenvalue weighted by atomic mass is 19.4. The van der Waals surface area contributed by atoms with Gasteiger partial charge in [-0.2, -0.15) is 18.4 Å². The first-order valence-electron chi connectivity index (χ1n) is 12.3. The topological polar surface area (TPSA) is 121 Å². The standard InChI is InChI=1S/C26H29F3N6O3/c1-24(2)22(25(3,4)23(24)38-17-9-18(26(27,28)29)19(10-30)31-13-17)34-21(37)20-32-11-16(12-33-20)35-7-5-15(14-36)6-8-35/h9,11-15,22-23H,5-8H2,1-4H3,(H,34,37)/t22-,23-. The van der Waals surface area contributed by atoms with Gasteiger partial charge in [-0.3, -0.25) is 4.79 Å². The predicted molar refractivity (Wildman–Crippen MR) is 130 cm³/mol. The number of nitriles is 1. The Morgan fingerprint density at radius 2 is 1.74 bits per heavy atom. The molecule has 1 aliphatic heterocycles. The fourth-order valence-electron chi connectivity index (χ4n) is 5.84. The molecule has 1 N–H and O–H groups in total. The van der Waals surface area contributed by atoms with E-state index in [9.17, 15) is 22.8 Å². The molecule has 2 fully saturated rings. The van der Waals surface area contributed by atoms with Gasteiger partial charge in [0.15, 0.2) is 5.69 Å². The zero-order valence-corrected chi connectivity index (χ0v) is 21.5. The summed E-state index contributed by atoms with van der Waals surface area (Å²) in [6.45, 7) is 8.82. The van der Waals surface area contributed by atoms with Crippen molar-refractivity contribution in [2.24, 2.45) is 16.7 Å². The number of ether oxygens (including phenoxy) is 1. The second-order valence-electron chi connectivity index (χ2n) is 10.9. The molecule has 1 amide bonds. The molecule has 12 heteroatoms. The molecule has 0 bridgehead atoms. The summed E-state index contributed by atoms with van der Waals surface area (Å²) in [5.41, 5.74) is -2.43. The number of aromatic nitrogens is 3. The minimum Gasteiger partial charge on any atom is -0.488 e. The van der Waals surface area contributed by atoms with Crippen molar-refractivity contribution in [1.82, 2.24) is 20.3 Å². The lowest BCUT2D eigenvalue weighted by Gasteiger charge is -2.62. The Hall–Kier alpha value is -3.75. The Bertz CT molecular complexity index is 1230. The van der Waals surface area contributed by atoms with Crippen LogP contribution in [0.2, 0.25) is 0 Å². The fourth-order valence-corrected chi connectivity index (χ4v) is 5.84. The average molecular weight is 531 g/mol. The number of piperidine rings is 1. The average Bonchev–Trinajstić information content (AvgIpc) is 2.89. The molecule has 3 heterocycles. The van der Waals surface area contributed by atoms with Gasteiger partial charge in [0.2, 0.25) is 5.82 Å². The van der Waals surface area contributed by atoms with Gasteiger partial charge in [0, 0.05) is 35.9 Å². The van der Waals surface area contributed by atoms with Crippen molar-refractivity contribution in [2.45, 2.75) is 58.9 Å². The molecule has 202 valence electrons. The van der Waals surface area contributed by atoms with E-state index in [1.165, 1.54) is 6.07 Å². The maximum absolute atomic E-state index is 13.4. The normalized spacial score (nSPS) is 22.6. The molecule has 0 spiro atoms. The van der Waals surface area contributed by atoms with Crippen molar-refractivity contribution in [3.63, 3.8) is 0 Å². The number of amides is 1. The number of hydrogen-bond acceptors (Lipinski definition) is 8. The number of carbonyl (C=O) groups is 2. The Kier molecular flexibility index (Phi) is 7.07. The quantitative estimate of drug-likeness (QED) is 0.560. The summed E-state index contributed by atoms with van der Waals surface area (Å²) in [6, 6.07) is 1.83. The van der Waals surface area contributed by atoms with Crippen LogP contribution in [0.1, 0.15) is 62.4 Å². The predicted octanol–water partition coefficient (Wildman–Crippen LogP) is 3.79. The number of nitrogens with one attached hydrogen (secondary N) is 1. The highest BCUT2D eigenvalue weighted by Gasteiger charge is 2.64. The molecule has 2 aromatic heterocycles. The van der Waals surface area contributed by atoms with Crippen LogP contribution >= 0.6 is 0 Å². The molecule has 1 saturated heterocycles. The van der Waals surface area contributed by atoms with Gasteiger partial charge in [0.1, 0.15) is 24.2 Å². The first-order chi connectivity index (χ1) is 17.8. The molecular formula is C26H29F3N6O3. The summed E-state index contributed by atoms with van der Waals surface area (Å²) in [6.07, 6.45) is 1.47. The van der Waals surface area contributed by atoms with E-state index < -0.39 is 46.3 Å². The molecule has 2 aliphatic rings. The number of alkyl halides is 3. The summed E-state index contributed by atoms with van der Waals surface area (Å²) in [5, 5.41) is 11.9. The SMILES string of the molecule is CC1(C)[C@H](NC(=O)c2ncc(N3CCC(C=O)CC3)cn2)C(C)(C)[C@H]1Oc1cnc(C#N)c(C(F)(F)F)c1. The van der Waals surface area contributed by atoms with E-state index in [0.29, 0.717) is 13.1 Å². The largest absolute Gasteiger partial charge is 0.488 e. The number of anilines is 1. The highest BCUT2D eigenvalue weighted by molar-refractivity contribution is 5.91. The molecular weight excluding hydrogens is 501 g/mol. The molecule has 0 unspecified atom stereocenters. The Labute approximate surface area is 218 Å². The molecule has 1 saturated carbocycles. The lowest BCUT2D eigenvalue weighted by molar-refractivity contribution is -0.165. The molecule has 0 aromatic carbocycles. The summed E-state index contributed by atoms with van der Waals surface area (Å²) in [7, 11) is 0. The van der Waals surface area contributed by atoms with Gasteiger partial charge in [-0.25, -0.2) is 15.0 Å². The minimum absolute atomic E-state index is 0.00129. The monoisotopic (exact) mass is 530 g/mol. The van der Waals surface area contributed by atoms with Gasteiger partial charge in [0.25, 0.3) is 5.91 Å². The van der Waals surface area contributed by atoms with Crippen LogP contribution in [0.3, 0.4) is 0 Å². The Morgan fingerprint density at radius 3 is 2.26 bits per heavy atom. The smallest absolute Gasteiger partial charge is 0.419 e. The van der Waals surface area contributed by atoms with Crippen molar-refractivity contribution in [3.8, 4) is 11.8 Å². The summed E-state index contributed by atoms with van der Waals surface area (Å²) >= 11 is 0. The zero-order valence-electron chi connectivity index (χ0n) is 21.5. The van der Waals surface area contributed by atoms with Crippen LogP contribution in [0.15, 0.2) is 24.7 Å². The van der Waals surface area contributed by atoms with Gasteiger partial charge >= 0.3 is 6.18 Å². The Morgan fingerprint density at radius 1 is 1.13 bits per heavy atom. The number of hydrogen-bond donors (Lipinski definition) is 1.